The molecule has 4 rings (SSSR count). The molecular formula is C15H15N5O3. The van der Waals surface area contributed by atoms with Gasteiger partial charge in [0.2, 0.25) is 0 Å². The van der Waals surface area contributed by atoms with Gasteiger partial charge >= 0.3 is 12.1 Å². The Morgan fingerprint density at radius 2 is 1.83 bits per heavy atom. The van der Waals surface area contributed by atoms with Gasteiger partial charge in [-0.2, -0.15) is 0 Å². The molecule has 1 atom stereocenters. The summed E-state index contributed by atoms with van der Waals surface area (Å²) in [5.74, 6) is -0.109. The number of nitrogens with zero attached hydrogens (tertiary/aromatic N) is 5. The number of carbonyl (C=O) groups excluding carboxylic acids is 3. The Kier molecular flexibility index (Phi) is 2.58. The van der Waals surface area contributed by atoms with E-state index in [2.05, 4.69) is 4.98 Å². The van der Waals surface area contributed by atoms with E-state index in [1.165, 1.54) is 16.8 Å². The number of anilines is 1. The van der Waals surface area contributed by atoms with Crippen molar-refractivity contribution in [2.24, 2.45) is 7.05 Å². The molecule has 1 aromatic heterocycles. The molecule has 0 N–H and O–H groups in total. The van der Waals surface area contributed by atoms with Gasteiger partial charge in [0.25, 0.3) is 0 Å². The van der Waals surface area contributed by atoms with Crippen molar-refractivity contribution in [1.82, 2.24) is 19.4 Å². The lowest BCUT2D eigenvalue weighted by molar-refractivity contribution is 0.0903. The van der Waals surface area contributed by atoms with Crippen molar-refractivity contribution in [3.8, 4) is 0 Å². The summed E-state index contributed by atoms with van der Waals surface area (Å²) in [6.07, 6.45) is 1.13. The molecule has 1 fully saturated rings. The standard InChI is InChI=1S/C15H15N5O3/c1-17-7-16-13-9(17)5-4-8-12(13)10(21)6-11-18(2)14(22)19(3)15(23)20(8)11/h4-5,7,11H,6H2,1-3H3/t11-/m0/s1. The number of Topliss-reactive ketones (excluding diaryl/α,β-unsaturated/α-hetero) is 1. The van der Waals surface area contributed by atoms with Crippen LogP contribution in [0.1, 0.15) is 16.8 Å². The first-order valence-corrected chi connectivity index (χ1v) is 7.22. The summed E-state index contributed by atoms with van der Waals surface area (Å²) >= 11 is 0. The Morgan fingerprint density at radius 3 is 2.57 bits per heavy atom. The number of amides is 4. The molecule has 8 heteroatoms. The molecule has 2 aliphatic heterocycles. The van der Waals surface area contributed by atoms with Crippen molar-refractivity contribution in [3.63, 3.8) is 0 Å². The smallest absolute Gasteiger partial charge is 0.334 e. The van der Waals surface area contributed by atoms with E-state index in [0.29, 0.717) is 16.8 Å². The van der Waals surface area contributed by atoms with Gasteiger partial charge in [-0.05, 0) is 12.1 Å². The number of hydrogen-bond donors (Lipinski definition) is 0. The Bertz CT molecular complexity index is 887. The summed E-state index contributed by atoms with van der Waals surface area (Å²) in [6, 6.07) is 2.74. The average molecular weight is 313 g/mol. The minimum atomic E-state index is -0.590. The molecule has 8 nitrogen and oxygen atoms in total. The third-order valence-corrected chi connectivity index (χ3v) is 4.61. The number of urea groups is 2. The van der Waals surface area contributed by atoms with Gasteiger partial charge in [0, 0.05) is 21.1 Å². The van der Waals surface area contributed by atoms with E-state index in [1.54, 1.807) is 19.4 Å². The van der Waals surface area contributed by atoms with E-state index in [-0.39, 0.29) is 12.2 Å². The zero-order valence-electron chi connectivity index (χ0n) is 13.0. The maximum atomic E-state index is 12.7. The number of imidazole rings is 1. The third-order valence-electron chi connectivity index (χ3n) is 4.61. The van der Waals surface area contributed by atoms with E-state index in [4.69, 9.17) is 0 Å². The second-order valence-electron chi connectivity index (χ2n) is 5.90. The number of benzene rings is 1. The van der Waals surface area contributed by atoms with Gasteiger partial charge in [-0.15, -0.1) is 0 Å². The van der Waals surface area contributed by atoms with Crippen molar-refractivity contribution in [3.05, 3.63) is 24.0 Å². The number of fused-ring (bicyclic) bond motifs is 5. The van der Waals surface area contributed by atoms with Gasteiger partial charge in [-0.3, -0.25) is 9.69 Å². The zero-order chi connectivity index (χ0) is 16.5. The highest BCUT2D eigenvalue weighted by Gasteiger charge is 2.46. The number of hydrogen-bond acceptors (Lipinski definition) is 4. The lowest BCUT2D eigenvalue weighted by Crippen LogP contribution is -2.66. The van der Waals surface area contributed by atoms with Crippen molar-refractivity contribution in [2.75, 3.05) is 19.0 Å². The van der Waals surface area contributed by atoms with Crippen LogP contribution in [0.3, 0.4) is 0 Å². The van der Waals surface area contributed by atoms with Crippen molar-refractivity contribution >= 4 is 34.6 Å². The largest absolute Gasteiger partial charge is 0.334 e. The molecule has 3 heterocycles. The first-order chi connectivity index (χ1) is 10.9. The fourth-order valence-corrected chi connectivity index (χ4v) is 3.33. The minimum Gasteiger partial charge on any atom is -0.334 e. The topological polar surface area (TPSA) is 78.8 Å². The van der Waals surface area contributed by atoms with Crippen LogP contribution in [0.5, 0.6) is 0 Å². The van der Waals surface area contributed by atoms with Gasteiger partial charge in [0.05, 0.1) is 29.5 Å². The van der Waals surface area contributed by atoms with Crippen molar-refractivity contribution < 1.29 is 14.4 Å². The van der Waals surface area contributed by atoms with Crippen LogP contribution >= 0.6 is 0 Å². The number of imide groups is 1. The van der Waals surface area contributed by atoms with Crippen LogP contribution in [0, 0.1) is 0 Å². The molecular weight excluding hydrogens is 298 g/mol. The average Bonchev–Trinajstić information content (AvgIpc) is 2.91. The summed E-state index contributed by atoms with van der Waals surface area (Å²) in [5, 5.41) is 0. The van der Waals surface area contributed by atoms with Crippen molar-refractivity contribution in [1.29, 1.82) is 0 Å². The second kappa shape index (κ2) is 4.31. The van der Waals surface area contributed by atoms with Crippen LogP contribution in [0.25, 0.3) is 11.0 Å². The Labute approximate surface area is 131 Å². The maximum Gasteiger partial charge on any atom is 0.334 e. The Balaban J connectivity index is 1.98. The van der Waals surface area contributed by atoms with Gasteiger partial charge in [-0.1, -0.05) is 0 Å². The predicted molar refractivity (Wildman–Crippen MR) is 82.2 cm³/mol. The Hall–Kier alpha value is -2.90. The molecule has 1 saturated heterocycles. The first-order valence-electron chi connectivity index (χ1n) is 7.22. The highest BCUT2D eigenvalue weighted by atomic mass is 16.2. The van der Waals surface area contributed by atoms with Crippen LogP contribution < -0.4 is 4.90 Å². The molecule has 23 heavy (non-hydrogen) atoms. The molecule has 2 aliphatic rings. The van der Waals surface area contributed by atoms with Crippen LogP contribution in [0.2, 0.25) is 0 Å². The molecule has 1 aromatic carbocycles. The third kappa shape index (κ3) is 1.60. The minimum absolute atomic E-state index is 0.0739. The van der Waals surface area contributed by atoms with E-state index in [0.717, 1.165) is 10.4 Å². The van der Waals surface area contributed by atoms with E-state index >= 15 is 0 Å². The Morgan fingerprint density at radius 1 is 1.09 bits per heavy atom. The maximum absolute atomic E-state index is 12.7. The van der Waals surface area contributed by atoms with Gasteiger partial charge < -0.3 is 9.47 Å². The van der Waals surface area contributed by atoms with Crippen LogP contribution in [-0.4, -0.2) is 57.5 Å². The van der Waals surface area contributed by atoms with Crippen molar-refractivity contribution in [2.45, 2.75) is 12.6 Å². The molecule has 2 aromatic rings. The lowest BCUT2D eigenvalue weighted by Gasteiger charge is -2.46. The predicted octanol–water partition coefficient (Wildman–Crippen LogP) is 1.41. The summed E-state index contributed by atoms with van der Waals surface area (Å²) in [4.78, 5) is 45.7. The van der Waals surface area contributed by atoms with Crippen LogP contribution in [0.4, 0.5) is 15.3 Å². The summed E-state index contributed by atoms with van der Waals surface area (Å²) < 4.78 is 1.83. The fourth-order valence-electron chi connectivity index (χ4n) is 3.33. The monoisotopic (exact) mass is 313 g/mol. The van der Waals surface area contributed by atoms with E-state index in [1.807, 2.05) is 17.7 Å². The number of aryl methyl sites for hydroxylation is 1. The summed E-state index contributed by atoms with van der Waals surface area (Å²) in [7, 11) is 4.89. The number of carbonyl (C=O) groups is 3. The summed E-state index contributed by atoms with van der Waals surface area (Å²) in [5.41, 5.74) is 2.37. The lowest BCUT2D eigenvalue weighted by atomic mass is 9.95. The van der Waals surface area contributed by atoms with E-state index < -0.39 is 18.2 Å². The molecule has 118 valence electrons. The normalized spacial score (nSPS) is 21.1. The van der Waals surface area contributed by atoms with Gasteiger partial charge in [0.1, 0.15) is 11.7 Å². The second-order valence-corrected chi connectivity index (χ2v) is 5.90. The molecule has 0 aliphatic carbocycles. The molecule has 4 amide bonds. The quantitative estimate of drug-likeness (QED) is 0.736. The van der Waals surface area contributed by atoms with E-state index in [9.17, 15) is 14.4 Å². The fraction of sp³-hybridized carbons (Fsp3) is 0.333. The molecule has 0 spiro atoms. The first kappa shape index (κ1) is 13.7. The highest BCUT2D eigenvalue weighted by Crippen LogP contribution is 2.38. The number of ketones is 1. The SMILES string of the molecule is CN1C(=O)N(C)[C@@H]2CC(=O)c3c(ccc4c3ncn4C)N2C1=O. The number of rotatable bonds is 0. The number of aromatic nitrogens is 2. The summed E-state index contributed by atoms with van der Waals surface area (Å²) in [6.45, 7) is 0. The van der Waals surface area contributed by atoms with Crippen LogP contribution in [0.15, 0.2) is 18.5 Å². The molecule has 0 radical (unpaired) electrons. The van der Waals surface area contributed by atoms with Gasteiger partial charge in [0.15, 0.2) is 5.78 Å². The van der Waals surface area contributed by atoms with Gasteiger partial charge in [-0.25, -0.2) is 19.5 Å². The highest BCUT2D eigenvalue weighted by molar-refractivity contribution is 6.18. The molecule has 0 unspecified atom stereocenters. The molecule has 0 saturated carbocycles. The van der Waals surface area contributed by atoms with Crippen LogP contribution in [-0.2, 0) is 7.05 Å². The zero-order valence-corrected chi connectivity index (χ0v) is 13.0. The molecule has 0 bridgehead atoms.